The zero-order chi connectivity index (χ0) is 22.1. The third-order valence-corrected chi connectivity index (χ3v) is 5.98. The number of nitrogens with zero attached hydrogens (tertiary/aromatic N) is 3. The smallest absolute Gasteiger partial charge is 0.307 e. The fourth-order valence-corrected chi connectivity index (χ4v) is 3.70. The first-order valence-electron chi connectivity index (χ1n) is 8.41. The van der Waals surface area contributed by atoms with Gasteiger partial charge in [0.05, 0.1) is 16.1 Å². The number of rotatable bonds is 4. The molecule has 160 valence electrons. The maximum atomic E-state index is 13.1. The van der Waals surface area contributed by atoms with Gasteiger partial charge in [-0.15, -0.1) is 5.53 Å². The first kappa shape index (κ1) is 21.4. The standard InChI is InChI=1S/C17H17F3N6O3S/c1-11-6-7-12(8-15(11)17(18,19)20)22-16(27)25(2)30(28,29)14-5-3-4-13(9-14)26-10-21-23-24-26/h3-10,23-24H,1-2H3,(H,22,27). The number of alkyl halides is 3. The quantitative estimate of drug-likeness (QED) is 0.672. The number of hydrogen-bond acceptors (Lipinski definition) is 7. The minimum atomic E-state index is -4.61. The molecule has 0 saturated heterocycles. The second-order valence-corrected chi connectivity index (χ2v) is 8.23. The van der Waals surface area contributed by atoms with Crippen molar-refractivity contribution in [1.82, 2.24) is 15.4 Å². The largest absolute Gasteiger partial charge is 0.416 e. The van der Waals surface area contributed by atoms with Crippen LogP contribution < -0.4 is 21.4 Å². The summed E-state index contributed by atoms with van der Waals surface area (Å²) in [7, 11) is -3.27. The molecule has 0 aliphatic carbocycles. The van der Waals surface area contributed by atoms with Crippen molar-refractivity contribution < 1.29 is 26.4 Å². The summed E-state index contributed by atoms with van der Waals surface area (Å²) in [6.45, 7) is 1.29. The summed E-state index contributed by atoms with van der Waals surface area (Å²) in [5.74, 6) is 0. The highest BCUT2D eigenvalue weighted by atomic mass is 32.2. The number of carbonyl (C=O) groups is 1. The molecule has 1 heterocycles. The number of amides is 2. The van der Waals surface area contributed by atoms with Crippen LogP contribution in [0.2, 0.25) is 0 Å². The van der Waals surface area contributed by atoms with Crippen molar-refractivity contribution in [2.45, 2.75) is 18.0 Å². The molecule has 0 bridgehead atoms. The highest BCUT2D eigenvalue weighted by molar-refractivity contribution is 7.89. The summed E-state index contributed by atoms with van der Waals surface area (Å²) < 4.78 is 65.2. The minimum Gasteiger partial charge on any atom is -0.307 e. The number of aryl methyl sites for hydroxylation is 1. The number of carbonyl (C=O) groups excluding carboxylic acids is 1. The van der Waals surface area contributed by atoms with E-state index in [9.17, 15) is 26.4 Å². The topological polar surface area (TPSA) is 106 Å². The van der Waals surface area contributed by atoms with Crippen LogP contribution in [0.3, 0.4) is 0 Å². The average Bonchev–Trinajstić information content (AvgIpc) is 3.23. The normalized spacial score (nSPS) is 13.8. The molecule has 0 radical (unpaired) electrons. The first-order valence-corrected chi connectivity index (χ1v) is 9.85. The predicted molar refractivity (Wildman–Crippen MR) is 104 cm³/mol. The van der Waals surface area contributed by atoms with Gasteiger partial charge in [-0.2, -0.15) is 18.3 Å². The van der Waals surface area contributed by atoms with Crippen molar-refractivity contribution in [1.29, 1.82) is 0 Å². The third-order valence-electron chi connectivity index (χ3n) is 4.24. The van der Waals surface area contributed by atoms with Gasteiger partial charge in [0.1, 0.15) is 6.34 Å². The van der Waals surface area contributed by atoms with Gasteiger partial charge in [0, 0.05) is 12.7 Å². The Bertz CT molecular complexity index is 1100. The average molecular weight is 442 g/mol. The number of anilines is 2. The summed E-state index contributed by atoms with van der Waals surface area (Å²) in [4.78, 5) is 12.2. The third kappa shape index (κ3) is 4.31. The number of benzene rings is 2. The van der Waals surface area contributed by atoms with Crippen LogP contribution in [0.15, 0.2) is 52.5 Å². The van der Waals surface area contributed by atoms with Crippen LogP contribution in [-0.4, -0.2) is 32.1 Å². The van der Waals surface area contributed by atoms with Gasteiger partial charge in [-0.1, -0.05) is 12.1 Å². The van der Waals surface area contributed by atoms with E-state index in [-0.39, 0.29) is 16.1 Å². The Balaban J connectivity index is 1.82. The van der Waals surface area contributed by atoms with Crippen molar-refractivity contribution >= 4 is 33.8 Å². The molecular formula is C17H17F3N6O3S. The van der Waals surface area contributed by atoms with Crippen LogP contribution in [0.5, 0.6) is 0 Å². The van der Waals surface area contributed by atoms with Crippen molar-refractivity contribution in [3.8, 4) is 0 Å². The van der Waals surface area contributed by atoms with Crippen molar-refractivity contribution in [3.05, 3.63) is 53.6 Å². The molecule has 0 fully saturated rings. The molecule has 0 aromatic heterocycles. The Morgan fingerprint density at radius 3 is 2.57 bits per heavy atom. The van der Waals surface area contributed by atoms with Crippen LogP contribution in [0, 0.1) is 6.92 Å². The summed E-state index contributed by atoms with van der Waals surface area (Å²) in [6.07, 6.45) is -3.23. The number of sulfonamides is 1. The molecule has 3 N–H and O–H groups in total. The zero-order valence-electron chi connectivity index (χ0n) is 15.7. The van der Waals surface area contributed by atoms with Gasteiger partial charge >= 0.3 is 12.2 Å². The Labute approximate surface area is 170 Å². The van der Waals surface area contributed by atoms with Gasteiger partial charge in [0.15, 0.2) is 0 Å². The zero-order valence-corrected chi connectivity index (χ0v) is 16.5. The summed E-state index contributed by atoms with van der Waals surface area (Å²) >= 11 is 0. The van der Waals surface area contributed by atoms with E-state index in [4.69, 9.17) is 0 Å². The van der Waals surface area contributed by atoms with Crippen LogP contribution in [0.1, 0.15) is 11.1 Å². The van der Waals surface area contributed by atoms with Crippen molar-refractivity contribution in [3.63, 3.8) is 0 Å². The second kappa shape index (κ2) is 7.84. The molecule has 30 heavy (non-hydrogen) atoms. The van der Waals surface area contributed by atoms with Gasteiger partial charge < -0.3 is 5.32 Å². The Kier molecular flexibility index (Phi) is 5.59. The van der Waals surface area contributed by atoms with Gasteiger partial charge in [-0.05, 0) is 42.8 Å². The lowest BCUT2D eigenvalue weighted by Crippen LogP contribution is -2.38. The van der Waals surface area contributed by atoms with E-state index in [0.29, 0.717) is 9.99 Å². The summed E-state index contributed by atoms with van der Waals surface area (Å²) in [6, 6.07) is 7.76. The van der Waals surface area contributed by atoms with Gasteiger partial charge in [0.25, 0.3) is 10.0 Å². The number of nitrogens with one attached hydrogen (secondary N) is 3. The molecule has 0 unspecified atom stereocenters. The van der Waals surface area contributed by atoms with E-state index in [1.165, 1.54) is 48.6 Å². The number of hydrazone groups is 1. The molecule has 3 rings (SSSR count). The van der Waals surface area contributed by atoms with Gasteiger partial charge in [-0.3, -0.25) is 0 Å². The number of hydrazine groups is 2. The Hall–Kier alpha value is -3.32. The Morgan fingerprint density at radius 2 is 1.93 bits per heavy atom. The molecule has 2 aromatic carbocycles. The summed E-state index contributed by atoms with van der Waals surface area (Å²) in [5, 5.41) is 7.30. The summed E-state index contributed by atoms with van der Waals surface area (Å²) in [5.41, 5.74) is 4.39. The lowest BCUT2D eigenvalue weighted by Gasteiger charge is -2.20. The molecule has 0 atom stereocenters. The van der Waals surface area contributed by atoms with Crippen molar-refractivity contribution in [2.24, 2.45) is 5.10 Å². The van der Waals surface area contributed by atoms with E-state index in [2.05, 4.69) is 21.5 Å². The number of halogens is 3. The Morgan fingerprint density at radius 1 is 1.20 bits per heavy atom. The van der Waals surface area contributed by atoms with E-state index < -0.39 is 27.8 Å². The molecule has 13 heteroatoms. The maximum absolute atomic E-state index is 13.1. The van der Waals surface area contributed by atoms with E-state index in [0.717, 1.165) is 13.1 Å². The van der Waals surface area contributed by atoms with Crippen LogP contribution in [-0.2, 0) is 16.2 Å². The maximum Gasteiger partial charge on any atom is 0.416 e. The lowest BCUT2D eigenvalue weighted by molar-refractivity contribution is -0.138. The monoisotopic (exact) mass is 442 g/mol. The molecule has 0 spiro atoms. The fourth-order valence-electron chi connectivity index (χ4n) is 2.60. The number of hydrogen-bond donors (Lipinski definition) is 3. The number of urea groups is 1. The molecule has 0 saturated carbocycles. The van der Waals surface area contributed by atoms with Crippen LogP contribution in [0.25, 0.3) is 0 Å². The van der Waals surface area contributed by atoms with E-state index in [1.807, 2.05) is 0 Å². The highest BCUT2D eigenvalue weighted by Crippen LogP contribution is 2.33. The predicted octanol–water partition coefficient (Wildman–Crippen LogP) is 2.64. The molecule has 9 nitrogen and oxygen atoms in total. The SMILES string of the molecule is Cc1ccc(NC(=O)N(C)S(=O)(=O)c2cccc(N3C=NNN3)c2)cc1C(F)(F)F. The van der Waals surface area contributed by atoms with Crippen LogP contribution in [0.4, 0.5) is 29.3 Å². The molecule has 2 amide bonds. The molecule has 2 aromatic rings. The molecule has 1 aliphatic rings. The molecular weight excluding hydrogens is 425 g/mol. The van der Waals surface area contributed by atoms with Gasteiger partial charge in [0.2, 0.25) is 0 Å². The first-order chi connectivity index (χ1) is 14.0. The highest BCUT2D eigenvalue weighted by Gasteiger charge is 2.33. The second-order valence-electron chi connectivity index (χ2n) is 6.27. The minimum absolute atomic E-state index is 0.0214. The van der Waals surface area contributed by atoms with Crippen LogP contribution >= 0.6 is 0 Å². The van der Waals surface area contributed by atoms with Crippen molar-refractivity contribution in [2.75, 3.05) is 17.4 Å². The fraction of sp³-hybridized carbons (Fsp3) is 0.176. The van der Waals surface area contributed by atoms with E-state index in [1.54, 1.807) is 6.07 Å². The lowest BCUT2D eigenvalue weighted by atomic mass is 10.1. The van der Waals surface area contributed by atoms with E-state index >= 15 is 0 Å². The van der Waals surface area contributed by atoms with Gasteiger partial charge in [-0.25, -0.2) is 28.1 Å². The molecule has 1 aliphatic heterocycles.